The van der Waals surface area contributed by atoms with E-state index in [0.29, 0.717) is 11.8 Å². The predicted molar refractivity (Wildman–Crippen MR) is 116 cm³/mol. The Morgan fingerprint density at radius 3 is 2.92 bits per heavy atom. The van der Waals surface area contributed by atoms with Crippen molar-refractivity contribution in [2.75, 3.05) is 25.4 Å². The number of halogens is 1. The Balaban J connectivity index is 0.00000225. The number of nitrogens with zero attached hydrogens (tertiary/aromatic N) is 5. The standard InChI is InChI=1S/C17H30N6S.HI/c1-3-14-13-22(10-11-24-14)17(18-4-2)19-12-16-21-20-15-8-6-5-7-9-23(15)16;/h14H,3-13H2,1-2H3,(H,18,19);1H. The molecule has 1 N–H and O–H groups in total. The van der Waals surface area contributed by atoms with E-state index >= 15 is 0 Å². The molecule has 1 aromatic heterocycles. The molecule has 2 aliphatic rings. The van der Waals surface area contributed by atoms with Crippen molar-refractivity contribution in [3.63, 3.8) is 0 Å². The van der Waals surface area contributed by atoms with Crippen molar-refractivity contribution in [2.45, 2.75) is 64.3 Å². The van der Waals surface area contributed by atoms with Crippen molar-refractivity contribution in [3.05, 3.63) is 11.6 Å². The van der Waals surface area contributed by atoms with Gasteiger partial charge in [-0.15, -0.1) is 34.2 Å². The highest BCUT2D eigenvalue weighted by Gasteiger charge is 2.22. The number of aromatic nitrogens is 3. The first-order valence-electron chi connectivity index (χ1n) is 9.37. The molecule has 1 saturated heterocycles. The van der Waals surface area contributed by atoms with E-state index in [-0.39, 0.29) is 24.0 Å². The van der Waals surface area contributed by atoms with Gasteiger partial charge in [-0.2, -0.15) is 11.8 Å². The van der Waals surface area contributed by atoms with E-state index in [1.807, 2.05) is 0 Å². The molecule has 0 spiro atoms. The van der Waals surface area contributed by atoms with Gasteiger partial charge in [0, 0.05) is 43.6 Å². The molecule has 0 bridgehead atoms. The summed E-state index contributed by atoms with van der Waals surface area (Å²) in [5.74, 6) is 4.37. The zero-order valence-electron chi connectivity index (χ0n) is 15.4. The van der Waals surface area contributed by atoms with E-state index in [1.54, 1.807) is 0 Å². The smallest absolute Gasteiger partial charge is 0.194 e. The fourth-order valence-corrected chi connectivity index (χ4v) is 4.57. The average Bonchev–Trinajstić information content (AvgIpc) is 2.85. The van der Waals surface area contributed by atoms with Crippen molar-refractivity contribution in [1.82, 2.24) is 25.0 Å². The molecule has 0 radical (unpaired) electrons. The molecule has 0 aliphatic carbocycles. The van der Waals surface area contributed by atoms with Crippen LogP contribution in [-0.2, 0) is 19.5 Å². The minimum absolute atomic E-state index is 0. The lowest BCUT2D eigenvalue weighted by atomic mass is 10.2. The normalized spacial score (nSPS) is 21.3. The molecule has 142 valence electrons. The number of nitrogens with one attached hydrogen (secondary N) is 1. The topological polar surface area (TPSA) is 58.3 Å². The van der Waals surface area contributed by atoms with Gasteiger partial charge in [-0.3, -0.25) is 0 Å². The maximum absolute atomic E-state index is 4.89. The van der Waals surface area contributed by atoms with Gasteiger partial charge in [-0.1, -0.05) is 13.3 Å². The zero-order chi connectivity index (χ0) is 16.8. The van der Waals surface area contributed by atoms with E-state index in [9.17, 15) is 0 Å². The molecule has 1 unspecified atom stereocenters. The largest absolute Gasteiger partial charge is 0.357 e. The Morgan fingerprint density at radius 2 is 2.12 bits per heavy atom. The monoisotopic (exact) mass is 478 g/mol. The quantitative estimate of drug-likeness (QED) is 0.410. The number of hydrogen-bond acceptors (Lipinski definition) is 4. The summed E-state index contributed by atoms with van der Waals surface area (Å²) in [5.41, 5.74) is 0. The zero-order valence-corrected chi connectivity index (χ0v) is 18.6. The van der Waals surface area contributed by atoms with Gasteiger partial charge < -0.3 is 14.8 Å². The minimum atomic E-state index is 0. The van der Waals surface area contributed by atoms with E-state index in [1.165, 1.54) is 31.4 Å². The van der Waals surface area contributed by atoms with Crippen LogP contribution >= 0.6 is 35.7 Å². The van der Waals surface area contributed by atoms with Crippen LogP contribution in [0.1, 0.15) is 51.2 Å². The molecule has 25 heavy (non-hydrogen) atoms. The molecular formula is C17H31IN6S. The molecular weight excluding hydrogens is 447 g/mol. The maximum Gasteiger partial charge on any atom is 0.194 e. The lowest BCUT2D eigenvalue weighted by molar-refractivity contribution is 0.407. The van der Waals surface area contributed by atoms with Gasteiger partial charge in [0.25, 0.3) is 0 Å². The average molecular weight is 478 g/mol. The number of fused-ring (bicyclic) bond motifs is 1. The highest BCUT2D eigenvalue weighted by Crippen LogP contribution is 2.21. The van der Waals surface area contributed by atoms with E-state index in [0.717, 1.165) is 50.2 Å². The van der Waals surface area contributed by atoms with Crippen LogP contribution in [0.2, 0.25) is 0 Å². The summed E-state index contributed by atoms with van der Waals surface area (Å²) in [5, 5.41) is 13.0. The third-order valence-corrected chi connectivity index (χ3v) is 6.16. The molecule has 6 nitrogen and oxygen atoms in total. The van der Waals surface area contributed by atoms with Crippen molar-refractivity contribution < 1.29 is 0 Å². The van der Waals surface area contributed by atoms with Crippen molar-refractivity contribution in [2.24, 2.45) is 4.99 Å². The van der Waals surface area contributed by atoms with Crippen LogP contribution in [0.3, 0.4) is 0 Å². The predicted octanol–water partition coefficient (Wildman–Crippen LogP) is 2.92. The van der Waals surface area contributed by atoms with E-state index < -0.39 is 0 Å². The lowest BCUT2D eigenvalue weighted by Crippen LogP contribution is -2.48. The van der Waals surface area contributed by atoms with Gasteiger partial charge >= 0.3 is 0 Å². The van der Waals surface area contributed by atoms with Crippen LogP contribution in [0.4, 0.5) is 0 Å². The number of guanidine groups is 1. The Bertz CT molecular complexity index is 561. The minimum Gasteiger partial charge on any atom is -0.357 e. The van der Waals surface area contributed by atoms with Crippen LogP contribution in [0, 0.1) is 0 Å². The van der Waals surface area contributed by atoms with E-state index in [4.69, 9.17) is 4.99 Å². The second kappa shape index (κ2) is 10.6. The van der Waals surface area contributed by atoms with Crippen molar-refractivity contribution in [1.29, 1.82) is 0 Å². The van der Waals surface area contributed by atoms with Gasteiger partial charge in [0.2, 0.25) is 0 Å². The molecule has 0 saturated carbocycles. The number of aryl methyl sites for hydroxylation is 1. The number of thioether (sulfide) groups is 1. The molecule has 1 atom stereocenters. The second-order valence-electron chi connectivity index (χ2n) is 6.51. The molecule has 1 fully saturated rings. The van der Waals surface area contributed by atoms with Crippen LogP contribution in [0.15, 0.2) is 4.99 Å². The molecule has 8 heteroatoms. The summed E-state index contributed by atoms with van der Waals surface area (Å²) in [4.78, 5) is 7.30. The Kier molecular flexibility index (Phi) is 8.81. The van der Waals surface area contributed by atoms with Crippen molar-refractivity contribution >= 4 is 41.7 Å². The summed E-state index contributed by atoms with van der Waals surface area (Å²) < 4.78 is 2.29. The fourth-order valence-electron chi connectivity index (χ4n) is 3.39. The third kappa shape index (κ3) is 5.48. The Hall–Kier alpha value is -0.510. The van der Waals surface area contributed by atoms with Gasteiger partial charge in [-0.05, 0) is 26.2 Å². The van der Waals surface area contributed by atoms with Crippen LogP contribution in [0.5, 0.6) is 0 Å². The number of aliphatic imine (C=N–C) groups is 1. The molecule has 2 aliphatic heterocycles. The third-order valence-electron chi connectivity index (χ3n) is 4.78. The molecule has 1 aromatic rings. The van der Waals surface area contributed by atoms with Crippen LogP contribution < -0.4 is 5.32 Å². The Labute approximate surface area is 172 Å². The summed E-state index contributed by atoms with van der Waals surface area (Å²) in [6, 6.07) is 0. The first kappa shape index (κ1) is 20.8. The second-order valence-corrected chi connectivity index (χ2v) is 7.92. The molecule has 3 heterocycles. The Morgan fingerprint density at radius 1 is 1.24 bits per heavy atom. The lowest BCUT2D eigenvalue weighted by Gasteiger charge is -2.34. The first-order valence-corrected chi connectivity index (χ1v) is 10.4. The number of rotatable bonds is 4. The van der Waals surface area contributed by atoms with E-state index in [2.05, 4.69) is 50.6 Å². The number of hydrogen-bond donors (Lipinski definition) is 1. The molecule has 3 rings (SSSR count). The van der Waals surface area contributed by atoms with Crippen molar-refractivity contribution in [3.8, 4) is 0 Å². The first-order chi connectivity index (χ1) is 11.8. The van der Waals surface area contributed by atoms with Gasteiger partial charge in [0.1, 0.15) is 12.4 Å². The summed E-state index contributed by atoms with van der Waals surface area (Å²) in [6.07, 6.45) is 6.02. The van der Waals surface area contributed by atoms with Gasteiger partial charge in [0.05, 0.1) is 0 Å². The van der Waals surface area contributed by atoms with Gasteiger partial charge in [0.15, 0.2) is 11.8 Å². The summed E-state index contributed by atoms with van der Waals surface area (Å²) in [6.45, 7) is 9.14. The fraction of sp³-hybridized carbons (Fsp3) is 0.824. The molecule has 0 amide bonds. The maximum atomic E-state index is 4.89. The summed E-state index contributed by atoms with van der Waals surface area (Å²) >= 11 is 2.09. The highest BCUT2D eigenvalue weighted by atomic mass is 127. The highest BCUT2D eigenvalue weighted by molar-refractivity contribution is 14.0. The summed E-state index contributed by atoms with van der Waals surface area (Å²) in [7, 11) is 0. The SMILES string of the molecule is CCNC(=NCc1nnc2n1CCCCC2)N1CCSC(CC)C1.I. The van der Waals surface area contributed by atoms with Crippen LogP contribution in [-0.4, -0.2) is 56.3 Å². The molecule has 0 aromatic carbocycles. The van der Waals surface area contributed by atoms with Crippen LogP contribution in [0.25, 0.3) is 0 Å². The van der Waals surface area contributed by atoms with Gasteiger partial charge in [-0.25, -0.2) is 4.99 Å².